The molecule has 3 N–H and O–H groups in total. The smallest absolute Gasteiger partial charge is 0.321 e. The zero-order valence-corrected chi connectivity index (χ0v) is 17.3. The number of fused-ring (bicyclic) bond motifs is 1. The molecule has 29 heavy (non-hydrogen) atoms. The Morgan fingerprint density at radius 1 is 1.31 bits per heavy atom. The van der Waals surface area contributed by atoms with Crippen LogP contribution >= 0.6 is 11.6 Å². The number of H-pyrrole nitrogens is 1. The Morgan fingerprint density at radius 3 is 2.83 bits per heavy atom. The van der Waals surface area contributed by atoms with Crippen molar-refractivity contribution in [3.63, 3.8) is 0 Å². The van der Waals surface area contributed by atoms with Gasteiger partial charge in [0.1, 0.15) is 6.04 Å². The minimum Gasteiger partial charge on any atom is -0.493 e. The minimum atomic E-state index is -0.906. The molecule has 6 nitrogen and oxygen atoms in total. The SMILES string of the molecule is CCCOc1c(Cl)cc(CNC(Cc2c[nH]c3ccccc23)C(=O)O)cc1OC. The van der Waals surface area contributed by atoms with Gasteiger partial charge in [0, 0.05) is 30.1 Å². The van der Waals surface area contributed by atoms with Gasteiger partial charge in [-0.25, -0.2) is 0 Å². The van der Waals surface area contributed by atoms with Gasteiger partial charge in [0.2, 0.25) is 0 Å². The lowest BCUT2D eigenvalue weighted by atomic mass is 10.0. The van der Waals surface area contributed by atoms with E-state index in [0.29, 0.717) is 36.1 Å². The van der Waals surface area contributed by atoms with Gasteiger partial charge in [0.15, 0.2) is 11.5 Å². The average Bonchev–Trinajstić information content (AvgIpc) is 3.12. The number of halogens is 1. The molecule has 0 saturated heterocycles. The normalized spacial score (nSPS) is 12.1. The van der Waals surface area contributed by atoms with Crippen LogP contribution in [-0.4, -0.2) is 35.8 Å². The number of aromatic nitrogens is 1. The number of carboxylic acids is 1. The minimum absolute atomic E-state index is 0.337. The monoisotopic (exact) mass is 416 g/mol. The molecule has 0 amide bonds. The summed E-state index contributed by atoms with van der Waals surface area (Å²) in [4.78, 5) is 15.0. The van der Waals surface area contributed by atoms with Gasteiger partial charge in [0.25, 0.3) is 0 Å². The fraction of sp³-hybridized carbons (Fsp3) is 0.318. The molecule has 154 valence electrons. The van der Waals surface area contributed by atoms with Crippen molar-refractivity contribution in [2.24, 2.45) is 0 Å². The maximum atomic E-state index is 11.8. The number of hydrogen-bond donors (Lipinski definition) is 3. The highest BCUT2D eigenvalue weighted by molar-refractivity contribution is 6.32. The highest BCUT2D eigenvalue weighted by Crippen LogP contribution is 2.36. The van der Waals surface area contributed by atoms with Crippen molar-refractivity contribution in [2.45, 2.75) is 32.4 Å². The van der Waals surface area contributed by atoms with Gasteiger partial charge < -0.3 is 24.9 Å². The van der Waals surface area contributed by atoms with Crippen LogP contribution in [0.15, 0.2) is 42.6 Å². The fourth-order valence-electron chi connectivity index (χ4n) is 3.23. The van der Waals surface area contributed by atoms with E-state index < -0.39 is 12.0 Å². The number of hydrogen-bond acceptors (Lipinski definition) is 4. The number of aliphatic carboxylic acids is 1. The van der Waals surface area contributed by atoms with E-state index in [9.17, 15) is 9.90 Å². The van der Waals surface area contributed by atoms with E-state index in [-0.39, 0.29) is 0 Å². The molecule has 0 spiro atoms. The molecule has 1 unspecified atom stereocenters. The molecule has 0 radical (unpaired) electrons. The Morgan fingerprint density at radius 2 is 2.10 bits per heavy atom. The highest BCUT2D eigenvalue weighted by Gasteiger charge is 2.20. The number of aromatic amines is 1. The summed E-state index contributed by atoms with van der Waals surface area (Å²) < 4.78 is 11.1. The molecule has 3 rings (SSSR count). The lowest BCUT2D eigenvalue weighted by molar-refractivity contribution is -0.139. The average molecular weight is 417 g/mol. The molecule has 0 aliphatic heterocycles. The first-order chi connectivity index (χ1) is 14.0. The lowest BCUT2D eigenvalue weighted by Gasteiger charge is -2.17. The van der Waals surface area contributed by atoms with Crippen molar-refractivity contribution in [3.05, 3.63) is 58.7 Å². The highest BCUT2D eigenvalue weighted by atomic mass is 35.5. The number of rotatable bonds is 10. The summed E-state index contributed by atoms with van der Waals surface area (Å²) in [5, 5.41) is 14.3. The third-order valence-corrected chi connectivity index (χ3v) is 4.97. The number of ether oxygens (including phenoxy) is 2. The predicted molar refractivity (Wildman–Crippen MR) is 114 cm³/mol. The molecule has 2 aromatic carbocycles. The molecule has 0 aliphatic rings. The van der Waals surface area contributed by atoms with Gasteiger partial charge in [-0.3, -0.25) is 4.79 Å². The Kier molecular flexibility index (Phi) is 7.01. The molecule has 0 fully saturated rings. The first-order valence-electron chi connectivity index (χ1n) is 9.53. The molecular formula is C22H25ClN2O4. The number of carboxylic acid groups (broad SMARTS) is 1. The van der Waals surface area contributed by atoms with Crippen LogP contribution in [0, 0.1) is 0 Å². The lowest BCUT2D eigenvalue weighted by Crippen LogP contribution is -2.38. The third-order valence-electron chi connectivity index (χ3n) is 4.69. The summed E-state index contributed by atoms with van der Waals surface area (Å²) in [6.45, 7) is 2.89. The summed E-state index contributed by atoms with van der Waals surface area (Å²) in [7, 11) is 1.55. The zero-order chi connectivity index (χ0) is 20.8. The second kappa shape index (κ2) is 9.67. The number of para-hydroxylation sites is 1. The van der Waals surface area contributed by atoms with Crippen LogP contribution in [0.25, 0.3) is 10.9 Å². The number of carbonyl (C=O) groups is 1. The van der Waals surface area contributed by atoms with Crippen LogP contribution in [0.5, 0.6) is 11.5 Å². The summed E-state index contributed by atoms with van der Waals surface area (Å²) in [6.07, 6.45) is 3.08. The summed E-state index contributed by atoms with van der Waals surface area (Å²) in [5.41, 5.74) is 2.77. The van der Waals surface area contributed by atoms with Crippen molar-refractivity contribution in [1.29, 1.82) is 0 Å². The van der Waals surface area contributed by atoms with E-state index >= 15 is 0 Å². The zero-order valence-electron chi connectivity index (χ0n) is 16.5. The van der Waals surface area contributed by atoms with E-state index in [1.807, 2.05) is 43.5 Å². The van der Waals surface area contributed by atoms with E-state index in [1.165, 1.54) is 0 Å². The van der Waals surface area contributed by atoms with Crippen molar-refractivity contribution in [3.8, 4) is 11.5 Å². The largest absolute Gasteiger partial charge is 0.493 e. The first kappa shape index (κ1) is 21.0. The Bertz CT molecular complexity index is 986. The maximum Gasteiger partial charge on any atom is 0.321 e. The standard InChI is InChI=1S/C22H25ClN2O4/c1-3-8-29-21-17(23)9-14(10-20(21)28-2)12-24-19(22(26)27)11-15-13-25-18-7-5-4-6-16(15)18/h4-7,9-10,13,19,24-25H,3,8,11-12H2,1-2H3,(H,26,27). The fourth-order valence-corrected chi connectivity index (χ4v) is 3.52. The van der Waals surface area contributed by atoms with Crippen LogP contribution in [-0.2, 0) is 17.8 Å². The molecule has 0 saturated carbocycles. The first-order valence-corrected chi connectivity index (χ1v) is 9.91. The van der Waals surface area contributed by atoms with Gasteiger partial charge >= 0.3 is 5.97 Å². The van der Waals surface area contributed by atoms with Crippen molar-refractivity contribution in [1.82, 2.24) is 10.3 Å². The number of methoxy groups -OCH3 is 1. The maximum absolute atomic E-state index is 11.8. The second-order valence-corrected chi connectivity index (χ2v) is 7.20. The summed E-state index contributed by atoms with van der Waals surface area (Å²) in [5.74, 6) is 0.135. The molecule has 0 bridgehead atoms. The van der Waals surface area contributed by atoms with E-state index in [1.54, 1.807) is 13.2 Å². The van der Waals surface area contributed by atoms with Crippen molar-refractivity contribution in [2.75, 3.05) is 13.7 Å². The Balaban J connectivity index is 1.73. The Hall–Kier alpha value is -2.70. The summed E-state index contributed by atoms with van der Waals surface area (Å²) >= 11 is 6.35. The van der Waals surface area contributed by atoms with Crippen molar-refractivity contribution < 1.29 is 19.4 Å². The quantitative estimate of drug-likeness (QED) is 0.456. The molecule has 3 aromatic rings. The topological polar surface area (TPSA) is 83.6 Å². The van der Waals surface area contributed by atoms with Crippen LogP contribution < -0.4 is 14.8 Å². The molecule has 1 atom stereocenters. The van der Waals surface area contributed by atoms with Gasteiger partial charge in [-0.1, -0.05) is 36.7 Å². The Labute approximate surface area is 174 Å². The molecule has 1 heterocycles. The molecule has 0 aliphatic carbocycles. The van der Waals surface area contributed by atoms with Gasteiger partial charge in [-0.15, -0.1) is 0 Å². The van der Waals surface area contributed by atoms with E-state index in [2.05, 4.69) is 10.3 Å². The third kappa shape index (κ3) is 5.02. The van der Waals surface area contributed by atoms with Gasteiger partial charge in [0.05, 0.1) is 18.7 Å². The molecule has 7 heteroatoms. The second-order valence-electron chi connectivity index (χ2n) is 6.79. The van der Waals surface area contributed by atoms with Crippen LogP contribution in [0.2, 0.25) is 5.02 Å². The van der Waals surface area contributed by atoms with Gasteiger partial charge in [-0.2, -0.15) is 0 Å². The van der Waals surface area contributed by atoms with E-state index in [0.717, 1.165) is 28.5 Å². The predicted octanol–water partition coefficient (Wildman–Crippen LogP) is 4.40. The summed E-state index contributed by atoms with van der Waals surface area (Å²) in [6, 6.07) is 10.7. The van der Waals surface area contributed by atoms with E-state index in [4.69, 9.17) is 21.1 Å². The van der Waals surface area contributed by atoms with Crippen LogP contribution in [0.4, 0.5) is 0 Å². The molecular weight excluding hydrogens is 392 g/mol. The van der Waals surface area contributed by atoms with Crippen LogP contribution in [0.3, 0.4) is 0 Å². The number of benzene rings is 2. The molecule has 1 aromatic heterocycles. The van der Waals surface area contributed by atoms with Crippen LogP contribution in [0.1, 0.15) is 24.5 Å². The van der Waals surface area contributed by atoms with Crippen molar-refractivity contribution >= 4 is 28.5 Å². The number of nitrogens with one attached hydrogen (secondary N) is 2. The van der Waals surface area contributed by atoms with Gasteiger partial charge in [-0.05, 0) is 35.7 Å².